The Morgan fingerprint density at radius 3 is 2.65 bits per heavy atom. The van der Waals surface area contributed by atoms with E-state index >= 15 is 0 Å². The maximum absolute atomic E-state index is 14.6. The zero-order valence-corrected chi connectivity index (χ0v) is 16.9. The number of aryl methyl sites for hydroxylation is 1. The summed E-state index contributed by atoms with van der Waals surface area (Å²) in [5, 5.41) is 11.0. The first-order valence-corrected chi connectivity index (χ1v) is 10.1. The van der Waals surface area contributed by atoms with Gasteiger partial charge < -0.3 is 14.6 Å². The maximum atomic E-state index is 14.6. The van der Waals surface area contributed by atoms with Crippen LogP contribution in [0.25, 0.3) is 11.4 Å². The number of anilines is 1. The van der Waals surface area contributed by atoms with Gasteiger partial charge in [-0.2, -0.15) is 0 Å². The molecule has 0 saturated carbocycles. The summed E-state index contributed by atoms with van der Waals surface area (Å²) in [6, 6.07) is 7.20. The number of hydrogen-bond donors (Lipinski definition) is 1. The van der Waals surface area contributed by atoms with Gasteiger partial charge in [-0.3, -0.25) is 4.79 Å². The largest absolute Gasteiger partial charge is 0.481 e. The third-order valence-electron chi connectivity index (χ3n) is 5.16. The molecule has 1 aliphatic rings. The van der Waals surface area contributed by atoms with E-state index in [1.165, 1.54) is 31.2 Å². The molecule has 0 spiro atoms. The number of amides is 1. The van der Waals surface area contributed by atoms with Gasteiger partial charge in [0.2, 0.25) is 0 Å². The van der Waals surface area contributed by atoms with Crippen LogP contribution in [0.1, 0.15) is 32.0 Å². The second kappa shape index (κ2) is 8.79. The third-order valence-corrected chi connectivity index (χ3v) is 5.16. The Kier molecular flexibility index (Phi) is 5.92. The summed E-state index contributed by atoms with van der Waals surface area (Å²) in [4.78, 5) is 12.5. The third kappa shape index (κ3) is 4.55. The van der Waals surface area contributed by atoms with Crippen LogP contribution in [0.4, 0.5) is 18.9 Å². The van der Waals surface area contributed by atoms with E-state index in [4.69, 9.17) is 4.74 Å². The van der Waals surface area contributed by atoms with Crippen LogP contribution in [0.15, 0.2) is 36.4 Å². The first kappa shape index (κ1) is 20.9. The van der Waals surface area contributed by atoms with Gasteiger partial charge in [0, 0.05) is 24.7 Å². The fourth-order valence-electron chi connectivity index (χ4n) is 3.51. The fourth-order valence-corrected chi connectivity index (χ4v) is 3.51. The topological polar surface area (TPSA) is 69.0 Å². The number of hydrogen-bond acceptors (Lipinski definition) is 4. The Balaban J connectivity index is 1.51. The van der Waals surface area contributed by atoms with Crippen LogP contribution in [0.5, 0.6) is 5.75 Å². The molecular weight excluding hydrogens is 409 g/mol. The van der Waals surface area contributed by atoms with E-state index < -0.39 is 29.5 Å². The number of benzene rings is 2. The van der Waals surface area contributed by atoms with Crippen molar-refractivity contribution in [3.05, 3.63) is 59.7 Å². The SMILES string of the molecule is CC(Oc1ccc(F)c(F)c1)C(=O)Nc1ccc(F)c(-c2nnc3n2CCCCC3)c1. The molecule has 162 valence electrons. The van der Waals surface area contributed by atoms with E-state index in [1.807, 2.05) is 4.57 Å². The lowest BCUT2D eigenvalue weighted by atomic mass is 10.1. The molecule has 2 heterocycles. The van der Waals surface area contributed by atoms with E-state index in [0.717, 1.165) is 43.6 Å². The highest BCUT2D eigenvalue weighted by Gasteiger charge is 2.21. The smallest absolute Gasteiger partial charge is 0.265 e. The number of nitrogens with zero attached hydrogens (tertiary/aromatic N) is 3. The molecule has 0 aliphatic carbocycles. The number of rotatable bonds is 5. The molecule has 0 fully saturated rings. The van der Waals surface area contributed by atoms with Crippen LogP contribution in [0.3, 0.4) is 0 Å². The van der Waals surface area contributed by atoms with Crippen molar-refractivity contribution in [3.63, 3.8) is 0 Å². The second-order valence-corrected chi connectivity index (χ2v) is 7.42. The zero-order valence-electron chi connectivity index (χ0n) is 16.9. The Morgan fingerprint density at radius 1 is 1.03 bits per heavy atom. The van der Waals surface area contributed by atoms with Crippen molar-refractivity contribution in [1.82, 2.24) is 14.8 Å². The summed E-state index contributed by atoms with van der Waals surface area (Å²) >= 11 is 0. The van der Waals surface area contributed by atoms with Gasteiger partial charge in [-0.05, 0) is 50.1 Å². The van der Waals surface area contributed by atoms with E-state index in [1.54, 1.807) is 0 Å². The zero-order chi connectivity index (χ0) is 22.0. The number of carbonyl (C=O) groups is 1. The highest BCUT2D eigenvalue weighted by Crippen LogP contribution is 2.27. The Bertz CT molecular complexity index is 1120. The molecule has 0 saturated heterocycles. The van der Waals surface area contributed by atoms with Gasteiger partial charge in [0.25, 0.3) is 5.91 Å². The summed E-state index contributed by atoms with van der Waals surface area (Å²) in [6.07, 6.45) is 2.87. The van der Waals surface area contributed by atoms with Crippen molar-refractivity contribution in [3.8, 4) is 17.1 Å². The van der Waals surface area contributed by atoms with Crippen LogP contribution >= 0.6 is 0 Å². The predicted octanol–water partition coefficient (Wildman–Crippen LogP) is 4.49. The van der Waals surface area contributed by atoms with Crippen LogP contribution < -0.4 is 10.1 Å². The molecule has 9 heteroatoms. The average Bonchev–Trinajstić information content (AvgIpc) is 2.99. The lowest BCUT2D eigenvalue weighted by molar-refractivity contribution is -0.122. The average molecular weight is 430 g/mol. The number of aromatic nitrogens is 3. The first-order chi connectivity index (χ1) is 14.9. The second-order valence-electron chi connectivity index (χ2n) is 7.42. The van der Waals surface area contributed by atoms with Crippen molar-refractivity contribution in [2.45, 2.75) is 45.3 Å². The molecule has 4 rings (SSSR count). The summed E-state index contributed by atoms with van der Waals surface area (Å²) in [6.45, 7) is 2.19. The maximum Gasteiger partial charge on any atom is 0.265 e. The molecule has 1 atom stereocenters. The van der Waals surface area contributed by atoms with Crippen LogP contribution in [0.2, 0.25) is 0 Å². The van der Waals surface area contributed by atoms with E-state index in [2.05, 4.69) is 15.5 Å². The summed E-state index contributed by atoms with van der Waals surface area (Å²) in [5.74, 6) is -1.79. The molecule has 1 N–H and O–H groups in total. The van der Waals surface area contributed by atoms with Gasteiger partial charge >= 0.3 is 0 Å². The normalized spacial score (nSPS) is 14.5. The minimum Gasteiger partial charge on any atom is -0.481 e. The highest BCUT2D eigenvalue weighted by molar-refractivity contribution is 5.94. The van der Waals surface area contributed by atoms with Crippen molar-refractivity contribution in [2.24, 2.45) is 0 Å². The molecular formula is C22H21F3N4O2. The van der Waals surface area contributed by atoms with Crippen molar-refractivity contribution in [1.29, 1.82) is 0 Å². The monoisotopic (exact) mass is 430 g/mol. The van der Waals surface area contributed by atoms with Gasteiger partial charge in [-0.15, -0.1) is 10.2 Å². The number of carbonyl (C=O) groups excluding carboxylic acids is 1. The highest BCUT2D eigenvalue weighted by atomic mass is 19.2. The molecule has 1 aliphatic heterocycles. The number of halogens is 3. The fraction of sp³-hybridized carbons (Fsp3) is 0.318. The molecule has 1 amide bonds. The minimum atomic E-state index is -1.07. The molecule has 0 radical (unpaired) electrons. The molecule has 31 heavy (non-hydrogen) atoms. The summed E-state index contributed by atoms with van der Waals surface area (Å²) in [5.41, 5.74) is 0.598. The van der Waals surface area contributed by atoms with E-state index in [9.17, 15) is 18.0 Å². The lowest BCUT2D eigenvalue weighted by Crippen LogP contribution is -2.30. The Morgan fingerprint density at radius 2 is 1.84 bits per heavy atom. The standard InChI is InChI=1S/C22H21F3N4O2/c1-13(31-15-7-9-18(24)19(25)12-15)22(30)26-14-6-8-17(23)16(11-14)21-28-27-20-5-3-2-4-10-29(20)21/h6-9,11-13H,2-5,10H2,1H3,(H,26,30). The first-order valence-electron chi connectivity index (χ1n) is 10.1. The van der Waals surface area contributed by atoms with Crippen LogP contribution in [-0.2, 0) is 17.8 Å². The van der Waals surface area contributed by atoms with E-state index in [0.29, 0.717) is 18.1 Å². The molecule has 1 aromatic heterocycles. The Hall–Kier alpha value is -3.36. The van der Waals surface area contributed by atoms with Gasteiger partial charge in [-0.1, -0.05) is 6.42 Å². The molecule has 2 aromatic carbocycles. The van der Waals surface area contributed by atoms with Crippen molar-refractivity contribution in [2.75, 3.05) is 5.32 Å². The number of nitrogens with one attached hydrogen (secondary N) is 1. The minimum absolute atomic E-state index is 0.0208. The predicted molar refractivity (Wildman–Crippen MR) is 108 cm³/mol. The summed E-state index contributed by atoms with van der Waals surface area (Å²) in [7, 11) is 0. The number of ether oxygens (including phenoxy) is 1. The van der Waals surface area contributed by atoms with Crippen molar-refractivity contribution >= 4 is 11.6 Å². The quantitative estimate of drug-likeness (QED) is 0.647. The molecule has 3 aromatic rings. The van der Waals surface area contributed by atoms with Crippen molar-refractivity contribution < 1.29 is 22.7 Å². The van der Waals surface area contributed by atoms with Crippen LogP contribution in [-0.4, -0.2) is 26.8 Å². The van der Waals surface area contributed by atoms with Gasteiger partial charge in [0.15, 0.2) is 23.6 Å². The van der Waals surface area contributed by atoms with Crippen LogP contribution in [0, 0.1) is 17.5 Å². The lowest BCUT2D eigenvalue weighted by Gasteiger charge is -2.15. The van der Waals surface area contributed by atoms with E-state index in [-0.39, 0.29) is 11.3 Å². The number of fused-ring (bicyclic) bond motifs is 1. The van der Waals surface area contributed by atoms with Gasteiger partial charge in [0.05, 0.1) is 5.56 Å². The molecule has 0 bridgehead atoms. The van der Waals surface area contributed by atoms with Gasteiger partial charge in [-0.25, -0.2) is 13.2 Å². The molecule has 6 nitrogen and oxygen atoms in total. The molecule has 1 unspecified atom stereocenters. The van der Waals surface area contributed by atoms with Gasteiger partial charge in [0.1, 0.15) is 17.4 Å². The Labute approximate surface area is 177 Å². The summed E-state index contributed by atoms with van der Waals surface area (Å²) < 4.78 is 48.3.